The first-order chi connectivity index (χ1) is 14.6. The van der Waals surface area contributed by atoms with Crippen LogP contribution in [0.2, 0.25) is 0 Å². The summed E-state index contributed by atoms with van der Waals surface area (Å²) in [5.41, 5.74) is 1.31. The van der Waals surface area contributed by atoms with E-state index in [1.54, 1.807) is 32.1 Å². The van der Waals surface area contributed by atoms with Crippen LogP contribution in [0.5, 0.6) is 0 Å². The van der Waals surface area contributed by atoms with E-state index in [1.807, 2.05) is 6.92 Å². The van der Waals surface area contributed by atoms with E-state index in [1.165, 1.54) is 14.0 Å². The van der Waals surface area contributed by atoms with E-state index in [0.29, 0.717) is 18.4 Å². The van der Waals surface area contributed by atoms with Crippen molar-refractivity contribution in [2.45, 2.75) is 58.8 Å². The molecular formula is C23H28O8. The quantitative estimate of drug-likeness (QED) is 0.289. The molecule has 1 aliphatic carbocycles. The van der Waals surface area contributed by atoms with Gasteiger partial charge in [0.25, 0.3) is 0 Å². The minimum Gasteiger partial charge on any atom is -0.466 e. The number of allylic oxidation sites excluding steroid dienone is 3. The van der Waals surface area contributed by atoms with Crippen LogP contribution in [0.1, 0.15) is 40.5 Å². The van der Waals surface area contributed by atoms with Gasteiger partial charge >= 0.3 is 23.9 Å². The Balaban J connectivity index is 2.70. The Kier molecular flexibility index (Phi) is 7.96. The summed E-state index contributed by atoms with van der Waals surface area (Å²) in [6.07, 6.45) is 2.58. The van der Waals surface area contributed by atoms with Crippen LogP contribution < -0.4 is 0 Å². The minimum absolute atomic E-state index is 0.0224. The predicted molar refractivity (Wildman–Crippen MR) is 110 cm³/mol. The standard InChI is InChI=1S/C23H28O8/c1-7-13(3)21(25)31-20-18-14(4)22(26)30-17(18)11-12(2)9-8-10-16(23(27)28-6)19(20)29-15(5)24/h7,10-11,17-20H,4,8-9H2,1-3,5-6H3/b12-11-,13-7+,16-10+/t17-,18+,19+,20+/m1/s1. The summed E-state index contributed by atoms with van der Waals surface area (Å²) in [6, 6.07) is 0. The minimum atomic E-state index is -1.32. The van der Waals surface area contributed by atoms with Crippen LogP contribution in [-0.2, 0) is 38.1 Å². The molecule has 0 spiro atoms. The largest absolute Gasteiger partial charge is 0.466 e. The summed E-state index contributed by atoms with van der Waals surface area (Å²) in [5.74, 6) is -3.62. The summed E-state index contributed by atoms with van der Waals surface area (Å²) >= 11 is 0. The zero-order chi connectivity index (χ0) is 23.3. The Morgan fingerprint density at radius 3 is 2.48 bits per heavy atom. The average Bonchev–Trinajstić information content (AvgIpc) is 2.99. The van der Waals surface area contributed by atoms with Crippen molar-refractivity contribution in [1.82, 2.24) is 0 Å². The molecule has 8 heteroatoms. The van der Waals surface area contributed by atoms with Crippen molar-refractivity contribution < 1.29 is 38.1 Å². The second-order valence-corrected chi connectivity index (χ2v) is 7.50. The predicted octanol–water partition coefficient (Wildman–Crippen LogP) is 2.73. The second kappa shape index (κ2) is 10.2. The third kappa shape index (κ3) is 5.51. The van der Waals surface area contributed by atoms with Crippen molar-refractivity contribution in [1.29, 1.82) is 0 Å². The van der Waals surface area contributed by atoms with Crippen LogP contribution in [0, 0.1) is 5.92 Å². The van der Waals surface area contributed by atoms with Gasteiger partial charge in [-0.2, -0.15) is 0 Å². The number of hydrogen-bond acceptors (Lipinski definition) is 8. The molecule has 0 radical (unpaired) electrons. The van der Waals surface area contributed by atoms with E-state index < -0.39 is 48.1 Å². The lowest BCUT2D eigenvalue weighted by molar-refractivity contribution is -0.167. The van der Waals surface area contributed by atoms with E-state index in [0.717, 1.165) is 5.57 Å². The van der Waals surface area contributed by atoms with Gasteiger partial charge in [0.05, 0.1) is 18.6 Å². The van der Waals surface area contributed by atoms with Crippen molar-refractivity contribution >= 4 is 23.9 Å². The zero-order valence-corrected chi connectivity index (χ0v) is 18.4. The second-order valence-electron chi connectivity index (χ2n) is 7.50. The van der Waals surface area contributed by atoms with Crippen LogP contribution in [0.3, 0.4) is 0 Å². The normalized spacial score (nSPS) is 30.0. The molecule has 0 aromatic carbocycles. The lowest BCUT2D eigenvalue weighted by Gasteiger charge is -2.33. The topological polar surface area (TPSA) is 105 Å². The Morgan fingerprint density at radius 2 is 1.90 bits per heavy atom. The van der Waals surface area contributed by atoms with Gasteiger partial charge in [-0.1, -0.05) is 24.3 Å². The van der Waals surface area contributed by atoms with E-state index in [-0.39, 0.29) is 11.1 Å². The van der Waals surface area contributed by atoms with Crippen LogP contribution in [-0.4, -0.2) is 49.3 Å². The van der Waals surface area contributed by atoms with Gasteiger partial charge in [-0.25, -0.2) is 14.4 Å². The molecule has 2 aliphatic rings. The lowest BCUT2D eigenvalue weighted by Crippen LogP contribution is -2.46. The Bertz CT molecular complexity index is 876. The highest BCUT2D eigenvalue weighted by Crippen LogP contribution is 2.38. The molecule has 31 heavy (non-hydrogen) atoms. The van der Waals surface area contributed by atoms with Crippen LogP contribution in [0.15, 0.2) is 47.1 Å². The van der Waals surface area contributed by atoms with Crippen molar-refractivity contribution in [3.8, 4) is 0 Å². The molecule has 2 rings (SSSR count). The number of hydrogen-bond donors (Lipinski definition) is 0. The summed E-state index contributed by atoms with van der Waals surface area (Å²) < 4.78 is 21.5. The Hall–Kier alpha value is -3.16. The van der Waals surface area contributed by atoms with E-state index in [4.69, 9.17) is 18.9 Å². The molecule has 0 aromatic rings. The molecule has 1 saturated heterocycles. The molecule has 0 aromatic heterocycles. The molecule has 1 heterocycles. The summed E-state index contributed by atoms with van der Waals surface area (Å²) in [6.45, 7) is 10.1. The van der Waals surface area contributed by atoms with Crippen molar-refractivity contribution in [2.24, 2.45) is 5.92 Å². The summed E-state index contributed by atoms with van der Waals surface area (Å²) in [7, 11) is 1.20. The molecule has 1 aliphatic heterocycles. The molecule has 0 amide bonds. The SMILES string of the molecule is C=C1C(=O)O[C@@H]2/C=C(/C)CC/C=C(/C(=O)OC)[C@H](OC(C)=O)[C@@H](OC(=O)/C(C)=C/C)[C@@H]12. The van der Waals surface area contributed by atoms with Crippen LogP contribution in [0.4, 0.5) is 0 Å². The van der Waals surface area contributed by atoms with Gasteiger partial charge < -0.3 is 18.9 Å². The van der Waals surface area contributed by atoms with Gasteiger partial charge in [-0.3, -0.25) is 4.79 Å². The molecule has 0 bridgehead atoms. The number of esters is 4. The number of ether oxygens (including phenoxy) is 4. The number of carbonyl (C=O) groups is 4. The maximum atomic E-state index is 12.7. The van der Waals surface area contributed by atoms with Gasteiger partial charge in [0, 0.05) is 18.1 Å². The maximum absolute atomic E-state index is 12.7. The van der Waals surface area contributed by atoms with Crippen LogP contribution >= 0.6 is 0 Å². The highest BCUT2D eigenvalue weighted by atomic mass is 16.6. The summed E-state index contributed by atoms with van der Waals surface area (Å²) in [5, 5.41) is 0. The number of rotatable bonds is 4. The van der Waals surface area contributed by atoms with Crippen molar-refractivity contribution in [3.63, 3.8) is 0 Å². The molecule has 0 unspecified atom stereocenters. The van der Waals surface area contributed by atoms with Crippen molar-refractivity contribution in [3.05, 3.63) is 47.1 Å². The van der Waals surface area contributed by atoms with Gasteiger partial charge in [0.15, 0.2) is 12.2 Å². The fourth-order valence-corrected chi connectivity index (χ4v) is 3.53. The first-order valence-corrected chi connectivity index (χ1v) is 9.97. The molecule has 8 nitrogen and oxygen atoms in total. The first-order valence-electron chi connectivity index (χ1n) is 9.97. The fraction of sp³-hybridized carbons (Fsp3) is 0.478. The van der Waals surface area contributed by atoms with Gasteiger partial charge in [-0.05, 0) is 39.7 Å². The average molecular weight is 432 g/mol. The highest BCUT2D eigenvalue weighted by Gasteiger charge is 2.50. The number of carbonyl (C=O) groups excluding carboxylic acids is 4. The van der Waals surface area contributed by atoms with E-state index in [9.17, 15) is 19.2 Å². The number of fused-ring (bicyclic) bond motifs is 1. The molecule has 0 N–H and O–H groups in total. The lowest BCUT2D eigenvalue weighted by atomic mass is 9.83. The van der Waals surface area contributed by atoms with Gasteiger partial charge in [-0.15, -0.1) is 0 Å². The van der Waals surface area contributed by atoms with Gasteiger partial charge in [0.2, 0.25) is 0 Å². The highest BCUT2D eigenvalue weighted by molar-refractivity contribution is 5.93. The van der Waals surface area contributed by atoms with E-state index >= 15 is 0 Å². The monoisotopic (exact) mass is 432 g/mol. The molecular weight excluding hydrogens is 404 g/mol. The molecule has 0 saturated carbocycles. The Labute approximate surface area is 181 Å². The van der Waals surface area contributed by atoms with Crippen molar-refractivity contribution in [2.75, 3.05) is 7.11 Å². The molecule has 168 valence electrons. The molecule has 1 fully saturated rings. The third-order valence-electron chi connectivity index (χ3n) is 5.28. The van der Waals surface area contributed by atoms with E-state index in [2.05, 4.69) is 6.58 Å². The zero-order valence-electron chi connectivity index (χ0n) is 18.4. The summed E-state index contributed by atoms with van der Waals surface area (Å²) in [4.78, 5) is 49.6. The molecule has 4 atom stereocenters. The van der Waals surface area contributed by atoms with Gasteiger partial charge in [0.1, 0.15) is 6.10 Å². The number of methoxy groups -OCH3 is 1. The smallest absolute Gasteiger partial charge is 0.337 e. The Morgan fingerprint density at radius 1 is 1.23 bits per heavy atom. The fourth-order valence-electron chi connectivity index (χ4n) is 3.53. The first kappa shape index (κ1) is 24.1. The third-order valence-corrected chi connectivity index (χ3v) is 5.28. The van der Waals surface area contributed by atoms with Crippen LogP contribution in [0.25, 0.3) is 0 Å². The maximum Gasteiger partial charge on any atom is 0.337 e.